The van der Waals surface area contributed by atoms with E-state index < -0.39 is 0 Å². The molecule has 0 N–H and O–H groups in total. The van der Waals surface area contributed by atoms with Crippen LogP contribution in [0.5, 0.6) is 0 Å². The van der Waals surface area contributed by atoms with Crippen LogP contribution in [0.15, 0.2) is 24.3 Å². The summed E-state index contributed by atoms with van der Waals surface area (Å²) in [4.78, 5) is 28.5. The Hall–Kier alpha value is -1.84. The first-order chi connectivity index (χ1) is 12.3. The largest absolute Gasteiger partial charge is 0.349 e. The lowest BCUT2D eigenvalue weighted by molar-refractivity contribution is -0.133. The highest BCUT2D eigenvalue weighted by molar-refractivity contribution is 5.77. The van der Waals surface area contributed by atoms with Crippen LogP contribution >= 0.6 is 0 Å². The van der Waals surface area contributed by atoms with Crippen molar-refractivity contribution < 1.29 is 9.59 Å². The molecule has 4 heteroatoms. The number of likely N-dealkylation sites (tertiary alicyclic amines) is 1. The van der Waals surface area contributed by atoms with Crippen molar-refractivity contribution in [1.82, 2.24) is 9.80 Å². The first-order valence-electron chi connectivity index (χ1n) is 9.90. The summed E-state index contributed by atoms with van der Waals surface area (Å²) in [5, 5.41) is 0. The minimum Gasteiger partial charge on any atom is -0.349 e. The van der Waals surface area contributed by atoms with E-state index in [-0.39, 0.29) is 11.3 Å². The first kappa shape index (κ1) is 18.9. The zero-order chi connectivity index (χ0) is 18.9. The van der Waals surface area contributed by atoms with Crippen molar-refractivity contribution in [2.24, 2.45) is 5.92 Å². The number of rotatable bonds is 4. The summed E-state index contributed by atoms with van der Waals surface area (Å²) in [6.45, 7) is 5.88. The van der Waals surface area contributed by atoms with Crippen LogP contribution in [-0.4, -0.2) is 48.8 Å². The topological polar surface area (TPSA) is 40.6 Å². The number of piperidine rings is 1. The number of hydrogen-bond donors (Lipinski definition) is 0. The van der Waals surface area contributed by atoms with Crippen molar-refractivity contribution in [3.8, 4) is 0 Å². The predicted octanol–water partition coefficient (Wildman–Crippen LogP) is 3.56. The smallest absolute Gasteiger partial charge is 0.222 e. The van der Waals surface area contributed by atoms with E-state index in [0.717, 1.165) is 32.4 Å². The summed E-state index contributed by atoms with van der Waals surface area (Å²) < 4.78 is 0. The fourth-order valence-electron chi connectivity index (χ4n) is 4.74. The van der Waals surface area contributed by atoms with Crippen molar-refractivity contribution in [2.45, 2.75) is 57.3 Å². The molecule has 0 aromatic heterocycles. The standard InChI is InChI=1S/C22H32N2O2/c1-16(2)13-21(26)24-11-9-22(10-12-24)15-17(14-20(25)23(3)4)18-7-5-6-8-19(18)22/h5-8,16-17H,9-15H2,1-4H3. The van der Waals surface area contributed by atoms with Gasteiger partial charge in [-0.3, -0.25) is 9.59 Å². The molecular weight excluding hydrogens is 324 g/mol. The molecule has 1 fully saturated rings. The summed E-state index contributed by atoms with van der Waals surface area (Å²) in [5.74, 6) is 1.21. The van der Waals surface area contributed by atoms with Gasteiger partial charge in [0, 0.05) is 40.0 Å². The minimum atomic E-state index is 0.141. The van der Waals surface area contributed by atoms with Gasteiger partial charge in [0.25, 0.3) is 0 Å². The molecule has 1 atom stereocenters. The number of amides is 2. The molecule has 1 aliphatic carbocycles. The number of nitrogens with zero attached hydrogens (tertiary/aromatic N) is 2. The van der Waals surface area contributed by atoms with Gasteiger partial charge in [-0.25, -0.2) is 0 Å². The molecule has 0 radical (unpaired) electrons. The average molecular weight is 357 g/mol. The van der Waals surface area contributed by atoms with Crippen LogP contribution in [0, 0.1) is 5.92 Å². The Morgan fingerprint density at radius 3 is 2.46 bits per heavy atom. The normalized spacial score (nSPS) is 21.1. The van der Waals surface area contributed by atoms with Gasteiger partial charge in [0.2, 0.25) is 11.8 Å². The molecule has 1 heterocycles. The van der Waals surface area contributed by atoms with Crippen molar-refractivity contribution in [3.05, 3.63) is 35.4 Å². The molecule has 26 heavy (non-hydrogen) atoms. The quantitative estimate of drug-likeness (QED) is 0.828. The highest BCUT2D eigenvalue weighted by Crippen LogP contribution is 2.52. The molecular formula is C22H32N2O2. The lowest BCUT2D eigenvalue weighted by Gasteiger charge is -2.40. The molecule has 1 aromatic rings. The van der Waals surface area contributed by atoms with E-state index in [1.54, 1.807) is 4.90 Å². The molecule has 3 rings (SSSR count). The second-order valence-corrected chi connectivity index (χ2v) is 8.74. The summed E-state index contributed by atoms with van der Waals surface area (Å²) >= 11 is 0. The van der Waals surface area contributed by atoms with Crippen LogP contribution in [0.3, 0.4) is 0 Å². The first-order valence-corrected chi connectivity index (χ1v) is 9.90. The van der Waals surface area contributed by atoms with Gasteiger partial charge in [-0.15, -0.1) is 0 Å². The molecule has 142 valence electrons. The lowest BCUT2D eigenvalue weighted by atomic mass is 9.73. The predicted molar refractivity (Wildman–Crippen MR) is 104 cm³/mol. The van der Waals surface area contributed by atoms with Crippen LogP contribution in [0.1, 0.15) is 63.0 Å². The Balaban J connectivity index is 1.75. The third-order valence-corrected chi connectivity index (χ3v) is 6.19. The van der Waals surface area contributed by atoms with E-state index >= 15 is 0 Å². The van der Waals surface area contributed by atoms with Crippen molar-refractivity contribution in [2.75, 3.05) is 27.2 Å². The zero-order valence-electron chi connectivity index (χ0n) is 16.6. The van der Waals surface area contributed by atoms with Crippen LogP contribution in [0.2, 0.25) is 0 Å². The third kappa shape index (κ3) is 3.65. The molecule has 1 aromatic carbocycles. The number of carbonyl (C=O) groups excluding carboxylic acids is 2. The average Bonchev–Trinajstić information content (AvgIpc) is 2.89. The van der Waals surface area contributed by atoms with E-state index in [9.17, 15) is 9.59 Å². The second-order valence-electron chi connectivity index (χ2n) is 8.74. The van der Waals surface area contributed by atoms with Gasteiger partial charge >= 0.3 is 0 Å². The van der Waals surface area contributed by atoms with Gasteiger partial charge in [0.15, 0.2) is 0 Å². The zero-order valence-corrected chi connectivity index (χ0v) is 16.6. The number of fused-ring (bicyclic) bond motifs is 2. The number of benzene rings is 1. The maximum absolute atomic E-state index is 12.4. The Labute approximate surface area is 157 Å². The Morgan fingerprint density at radius 2 is 1.85 bits per heavy atom. The summed E-state index contributed by atoms with van der Waals surface area (Å²) in [7, 11) is 3.66. The van der Waals surface area contributed by atoms with Crippen LogP contribution < -0.4 is 0 Å². The molecule has 1 spiro atoms. The van der Waals surface area contributed by atoms with E-state index in [0.29, 0.717) is 30.6 Å². The Morgan fingerprint density at radius 1 is 1.19 bits per heavy atom. The van der Waals surface area contributed by atoms with Crippen molar-refractivity contribution in [3.63, 3.8) is 0 Å². The van der Waals surface area contributed by atoms with Gasteiger partial charge in [-0.2, -0.15) is 0 Å². The second kappa shape index (κ2) is 7.42. The van der Waals surface area contributed by atoms with Gasteiger partial charge in [0.1, 0.15) is 0 Å². The van der Waals surface area contributed by atoms with Gasteiger partial charge < -0.3 is 9.80 Å². The molecule has 2 aliphatic rings. The van der Waals surface area contributed by atoms with E-state index in [1.807, 2.05) is 19.0 Å². The monoisotopic (exact) mass is 356 g/mol. The molecule has 4 nitrogen and oxygen atoms in total. The lowest BCUT2D eigenvalue weighted by Crippen LogP contribution is -2.44. The molecule has 0 saturated carbocycles. The molecule has 1 aliphatic heterocycles. The third-order valence-electron chi connectivity index (χ3n) is 6.19. The van der Waals surface area contributed by atoms with E-state index in [2.05, 4.69) is 38.1 Å². The van der Waals surface area contributed by atoms with Gasteiger partial charge in [-0.1, -0.05) is 38.1 Å². The molecule has 1 saturated heterocycles. The minimum absolute atomic E-state index is 0.141. The number of carbonyl (C=O) groups is 2. The highest BCUT2D eigenvalue weighted by Gasteiger charge is 2.46. The molecule has 2 amide bonds. The summed E-state index contributed by atoms with van der Waals surface area (Å²) in [6.07, 6.45) is 4.30. The van der Waals surface area contributed by atoms with Crippen LogP contribution in [-0.2, 0) is 15.0 Å². The summed E-state index contributed by atoms with van der Waals surface area (Å²) in [5.41, 5.74) is 2.92. The SMILES string of the molecule is CC(C)CC(=O)N1CCC2(CC1)CC(CC(=O)N(C)C)c1ccccc12. The Bertz CT molecular complexity index is 672. The fraction of sp³-hybridized carbons (Fsp3) is 0.636. The van der Waals surface area contributed by atoms with Crippen LogP contribution in [0.4, 0.5) is 0 Å². The maximum Gasteiger partial charge on any atom is 0.222 e. The van der Waals surface area contributed by atoms with Gasteiger partial charge in [0.05, 0.1) is 0 Å². The van der Waals surface area contributed by atoms with E-state index in [1.165, 1.54) is 11.1 Å². The molecule has 0 bridgehead atoms. The molecule has 1 unspecified atom stereocenters. The fourth-order valence-corrected chi connectivity index (χ4v) is 4.74. The Kier molecular flexibility index (Phi) is 5.40. The van der Waals surface area contributed by atoms with Crippen LogP contribution in [0.25, 0.3) is 0 Å². The number of hydrogen-bond acceptors (Lipinski definition) is 2. The van der Waals surface area contributed by atoms with E-state index in [4.69, 9.17) is 0 Å². The van der Waals surface area contributed by atoms with Crippen molar-refractivity contribution in [1.29, 1.82) is 0 Å². The maximum atomic E-state index is 12.4. The highest BCUT2D eigenvalue weighted by atomic mass is 16.2. The van der Waals surface area contributed by atoms with Gasteiger partial charge in [-0.05, 0) is 47.6 Å². The van der Waals surface area contributed by atoms with Crippen molar-refractivity contribution >= 4 is 11.8 Å². The summed E-state index contributed by atoms with van der Waals surface area (Å²) in [6, 6.07) is 8.66.